The van der Waals surface area contributed by atoms with Gasteiger partial charge in [0.2, 0.25) is 0 Å². The van der Waals surface area contributed by atoms with Crippen LogP contribution in [-0.2, 0) is 19.5 Å². The number of halogens is 1. The summed E-state index contributed by atoms with van der Waals surface area (Å²) < 4.78 is 15.8. The van der Waals surface area contributed by atoms with Gasteiger partial charge in [-0.15, -0.1) is 0 Å². The van der Waals surface area contributed by atoms with Crippen LogP contribution in [0.2, 0.25) is 0 Å². The highest BCUT2D eigenvalue weighted by Gasteiger charge is 2.18. The number of rotatable bonds is 7. The molecule has 2 aromatic carbocycles. The number of hydrogen-bond acceptors (Lipinski definition) is 2. The Hall–Kier alpha value is -2.95. The monoisotopic (exact) mass is 379 g/mol. The second-order valence-corrected chi connectivity index (χ2v) is 6.94. The molecule has 5 heteroatoms. The zero-order valence-electron chi connectivity index (χ0n) is 16.7. The standard InChI is InChI=1S/C23H26FN3O/c1-4-26(15-19-14-25-27(5-2)16-19)23(28)21-9-7-6-8-20(21)12-18-11-10-17(3)22(24)13-18/h6-11,13-14,16H,4-5,12,15H2,1-3H3. The van der Waals surface area contributed by atoms with Gasteiger partial charge < -0.3 is 4.90 Å². The molecule has 0 aliphatic heterocycles. The van der Waals surface area contributed by atoms with Gasteiger partial charge in [-0.3, -0.25) is 9.48 Å². The van der Waals surface area contributed by atoms with Crippen LogP contribution in [0, 0.1) is 12.7 Å². The Balaban J connectivity index is 1.83. The summed E-state index contributed by atoms with van der Waals surface area (Å²) >= 11 is 0. The Morgan fingerprint density at radius 3 is 2.61 bits per heavy atom. The summed E-state index contributed by atoms with van der Waals surface area (Å²) in [4.78, 5) is 15.0. The second kappa shape index (κ2) is 8.83. The number of benzene rings is 2. The minimum Gasteiger partial charge on any atom is -0.334 e. The third-order valence-corrected chi connectivity index (χ3v) is 4.93. The number of amides is 1. The maximum Gasteiger partial charge on any atom is 0.254 e. The molecule has 0 bridgehead atoms. The topological polar surface area (TPSA) is 38.1 Å². The molecule has 3 aromatic rings. The van der Waals surface area contributed by atoms with Crippen LogP contribution in [0.1, 0.15) is 46.5 Å². The first-order valence-corrected chi connectivity index (χ1v) is 9.65. The molecule has 4 nitrogen and oxygen atoms in total. The third-order valence-electron chi connectivity index (χ3n) is 4.93. The number of carbonyl (C=O) groups excluding carboxylic acids is 1. The fourth-order valence-electron chi connectivity index (χ4n) is 3.23. The molecule has 0 aliphatic rings. The molecule has 0 radical (unpaired) electrons. The summed E-state index contributed by atoms with van der Waals surface area (Å²) in [5.74, 6) is -0.237. The Morgan fingerprint density at radius 2 is 1.93 bits per heavy atom. The fraction of sp³-hybridized carbons (Fsp3) is 0.304. The third kappa shape index (κ3) is 4.47. The number of aromatic nitrogens is 2. The van der Waals surface area contributed by atoms with Gasteiger partial charge in [0.15, 0.2) is 0 Å². The fourth-order valence-corrected chi connectivity index (χ4v) is 3.23. The van der Waals surface area contributed by atoms with Gasteiger partial charge in [0, 0.05) is 37.0 Å². The van der Waals surface area contributed by atoms with E-state index < -0.39 is 0 Å². The van der Waals surface area contributed by atoms with E-state index in [2.05, 4.69) is 5.10 Å². The van der Waals surface area contributed by atoms with Crippen molar-refractivity contribution in [2.75, 3.05) is 6.54 Å². The van der Waals surface area contributed by atoms with E-state index >= 15 is 0 Å². The number of carbonyl (C=O) groups is 1. The molecule has 0 saturated heterocycles. The summed E-state index contributed by atoms with van der Waals surface area (Å²) in [5.41, 5.74) is 4.05. The lowest BCUT2D eigenvalue weighted by Crippen LogP contribution is -2.31. The first kappa shape index (κ1) is 19.8. The minimum atomic E-state index is -0.218. The van der Waals surface area contributed by atoms with Crippen molar-refractivity contribution >= 4 is 5.91 Å². The molecule has 28 heavy (non-hydrogen) atoms. The molecule has 0 atom stereocenters. The average Bonchev–Trinajstić information content (AvgIpc) is 3.16. The summed E-state index contributed by atoms with van der Waals surface area (Å²) in [7, 11) is 0. The Bertz CT molecular complexity index is 964. The second-order valence-electron chi connectivity index (χ2n) is 6.94. The van der Waals surface area contributed by atoms with E-state index in [0.29, 0.717) is 30.6 Å². The van der Waals surface area contributed by atoms with Crippen LogP contribution >= 0.6 is 0 Å². The molecule has 0 saturated carbocycles. The van der Waals surface area contributed by atoms with Crippen LogP contribution in [0.15, 0.2) is 54.9 Å². The summed E-state index contributed by atoms with van der Waals surface area (Å²) in [6.45, 7) is 7.67. The van der Waals surface area contributed by atoms with Crippen molar-refractivity contribution in [3.8, 4) is 0 Å². The van der Waals surface area contributed by atoms with Crippen molar-refractivity contribution in [2.24, 2.45) is 0 Å². The van der Waals surface area contributed by atoms with Gasteiger partial charge in [-0.05, 0) is 56.0 Å². The molecule has 0 spiro atoms. The maximum absolute atomic E-state index is 13.9. The molecular weight excluding hydrogens is 353 g/mol. The molecule has 0 N–H and O–H groups in total. The lowest BCUT2D eigenvalue weighted by molar-refractivity contribution is 0.0751. The number of aryl methyl sites for hydroxylation is 2. The quantitative estimate of drug-likeness (QED) is 0.602. The van der Waals surface area contributed by atoms with E-state index in [4.69, 9.17) is 0 Å². The molecule has 146 valence electrons. The van der Waals surface area contributed by atoms with Crippen LogP contribution in [0.5, 0.6) is 0 Å². The molecule has 3 rings (SSSR count). The van der Waals surface area contributed by atoms with Crippen molar-refractivity contribution in [1.29, 1.82) is 0 Å². The first-order valence-electron chi connectivity index (χ1n) is 9.65. The van der Waals surface area contributed by atoms with E-state index in [1.54, 1.807) is 25.3 Å². The minimum absolute atomic E-state index is 0.0186. The van der Waals surface area contributed by atoms with Gasteiger partial charge in [0.1, 0.15) is 5.82 Å². The zero-order chi connectivity index (χ0) is 20.1. The van der Waals surface area contributed by atoms with E-state index in [1.807, 2.05) is 60.0 Å². The predicted octanol–water partition coefficient (Wildman–Crippen LogP) is 4.60. The van der Waals surface area contributed by atoms with Crippen molar-refractivity contribution in [1.82, 2.24) is 14.7 Å². The smallest absolute Gasteiger partial charge is 0.254 e. The van der Waals surface area contributed by atoms with Crippen LogP contribution in [-0.4, -0.2) is 27.1 Å². The van der Waals surface area contributed by atoms with E-state index in [9.17, 15) is 9.18 Å². The van der Waals surface area contributed by atoms with Gasteiger partial charge >= 0.3 is 0 Å². The highest BCUT2D eigenvalue weighted by atomic mass is 19.1. The van der Waals surface area contributed by atoms with Crippen LogP contribution in [0.25, 0.3) is 0 Å². The predicted molar refractivity (Wildman–Crippen MR) is 109 cm³/mol. The average molecular weight is 379 g/mol. The molecule has 0 unspecified atom stereocenters. The SMILES string of the molecule is CCN(Cc1cnn(CC)c1)C(=O)c1ccccc1Cc1ccc(C)c(F)c1. The van der Waals surface area contributed by atoms with Crippen LogP contribution in [0.4, 0.5) is 4.39 Å². The lowest BCUT2D eigenvalue weighted by Gasteiger charge is -2.22. The Morgan fingerprint density at radius 1 is 1.14 bits per heavy atom. The molecule has 1 heterocycles. The first-order chi connectivity index (χ1) is 13.5. The maximum atomic E-state index is 13.9. The molecular formula is C23H26FN3O. The van der Waals surface area contributed by atoms with Gasteiger partial charge in [-0.25, -0.2) is 4.39 Å². The summed E-state index contributed by atoms with van der Waals surface area (Å²) in [6, 6.07) is 12.8. The zero-order valence-corrected chi connectivity index (χ0v) is 16.7. The van der Waals surface area contributed by atoms with Gasteiger partial charge in [-0.2, -0.15) is 5.10 Å². The van der Waals surface area contributed by atoms with E-state index in [-0.39, 0.29) is 11.7 Å². The number of nitrogens with zero attached hydrogens (tertiary/aromatic N) is 3. The van der Waals surface area contributed by atoms with Crippen molar-refractivity contribution in [2.45, 2.75) is 40.3 Å². The summed E-state index contributed by atoms with van der Waals surface area (Å²) in [6.07, 6.45) is 4.29. The summed E-state index contributed by atoms with van der Waals surface area (Å²) in [5, 5.41) is 4.29. The molecule has 0 aliphatic carbocycles. The van der Waals surface area contributed by atoms with Crippen LogP contribution < -0.4 is 0 Å². The van der Waals surface area contributed by atoms with Crippen molar-refractivity contribution in [3.63, 3.8) is 0 Å². The van der Waals surface area contributed by atoms with Crippen molar-refractivity contribution in [3.05, 3.63) is 88.5 Å². The van der Waals surface area contributed by atoms with E-state index in [1.165, 1.54) is 0 Å². The normalized spacial score (nSPS) is 10.9. The number of hydrogen-bond donors (Lipinski definition) is 0. The molecule has 1 amide bonds. The van der Waals surface area contributed by atoms with Gasteiger partial charge in [0.25, 0.3) is 5.91 Å². The Kier molecular flexibility index (Phi) is 6.24. The van der Waals surface area contributed by atoms with Crippen LogP contribution in [0.3, 0.4) is 0 Å². The van der Waals surface area contributed by atoms with Gasteiger partial charge in [0.05, 0.1) is 6.20 Å². The van der Waals surface area contributed by atoms with Gasteiger partial charge in [-0.1, -0.05) is 30.3 Å². The molecule has 0 fully saturated rings. The highest BCUT2D eigenvalue weighted by molar-refractivity contribution is 5.95. The highest BCUT2D eigenvalue weighted by Crippen LogP contribution is 2.19. The Labute approximate surface area is 165 Å². The molecule has 1 aromatic heterocycles. The van der Waals surface area contributed by atoms with Crippen molar-refractivity contribution < 1.29 is 9.18 Å². The lowest BCUT2D eigenvalue weighted by atomic mass is 9.98. The largest absolute Gasteiger partial charge is 0.334 e. The van der Waals surface area contributed by atoms with E-state index in [0.717, 1.165) is 23.2 Å².